The second-order valence-corrected chi connectivity index (χ2v) is 4.39. The average Bonchev–Trinajstić information content (AvgIpc) is 2.21. The van der Waals surface area contributed by atoms with E-state index in [2.05, 4.69) is 5.32 Å². The predicted molar refractivity (Wildman–Crippen MR) is 64.9 cm³/mol. The molecule has 1 rings (SSSR count). The standard InChI is InChI=1S/C12H16ClNO2/c1-8(14-9(2)12(15)16)7-10-3-5-11(13)6-4-10/h3-6,8-9,14H,7H2,1-2H3,(H,15,16). The number of carboxylic acids is 1. The summed E-state index contributed by atoms with van der Waals surface area (Å²) in [7, 11) is 0. The molecule has 0 radical (unpaired) electrons. The lowest BCUT2D eigenvalue weighted by Crippen LogP contribution is -2.40. The molecule has 4 heteroatoms. The molecule has 0 bridgehead atoms. The van der Waals surface area contributed by atoms with Crippen molar-refractivity contribution in [3.8, 4) is 0 Å². The maximum atomic E-state index is 10.7. The van der Waals surface area contributed by atoms with Crippen LogP contribution in [-0.4, -0.2) is 23.2 Å². The molecular formula is C12H16ClNO2. The molecule has 0 heterocycles. The molecule has 2 atom stereocenters. The zero-order valence-electron chi connectivity index (χ0n) is 9.40. The first-order valence-corrected chi connectivity index (χ1v) is 5.60. The van der Waals surface area contributed by atoms with Crippen molar-refractivity contribution >= 4 is 17.6 Å². The number of benzene rings is 1. The van der Waals surface area contributed by atoms with E-state index < -0.39 is 12.0 Å². The Hall–Kier alpha value is -1.06. The number of rotatable bonds is 5. The fourth-order valence-electron chi connectivity index (χ4n) is 1.53. The van der Waals surface area contributed by atoms with E-state index in [-0.39, 0.29) is 6.04 Å². The van der Waals surface area contributed by atoms with Crippen LogP contribution in [0.3, 0.4) is 0 Å². The third-order valence-electron chi connectivity index (χ3n) is 2.36. The first-order valence-electron chi connectivity index (χ1n) is 5.22. The van der Waals surface area contributed by atoms with Crippen molar-refractivity contribution in [2.24, 2.45) is 0 Å². The van der Waals surface area contributed by atoms with E-state index in [1.165, 1.54) is 0 Å². The Labute approximate surface area is 100 Å². The maximum absolute atomic E-state index is 10.7. The zero-order valence-corrected chi connectivity index (χ0v) is 10.2. The molecule has 3 nitrogen and oxygen atoms in total. The van der Waals surface area contributed by atoms with Crippen molar-refractivity contribution < 1.29 is 9.90 Å². The largest absolute Gasteiger partial charge is 0.480 e. The summed E-state index contributed by atoms with van der Waals surface area (Å²) in [6.07, 6.45) is 0.786. The molecule has 0 fully saturated rings. The molecule has 0 aliphatic rings. The summed E-state index contributed by atoms with van der Waals surface area (Å²) in [6, 6.07) is 7.17. The number of hydrogen-bond acceptors (Lipinski definition) is 2. The number of halogens is 1. The van der Waals surface area contributed by atoms with Crippen LogP contribution in [0.2, 0.25) is 5.02 Å². The van der Waals surface area contributed by atoms with E-state index in [1.807, 2.05) is 31.2 Å². The Bertz CT molecular complexity index is 351. The molecule has 1 aromatic carbocycles. The van der Waals surface area contributed by atoms with E-state index in [0.717, 1.165) is 12.0 Å². The lowest BCUT2D eigenvalue weighted by molar-refractivity contribution is -0.139. The summed E-state index contributed by atoms with van der Waals surface area (Å²) < 4.78 is 0. The molecular weight excluding hydrogens is 226 g/mol. The van der Waals surface area contributed by atoms with Gasteiger partial charge in [0.05, 0.1) is 0 Å². The highest BCUT2D eigenvalue weighted by Gasteiger charge is 2.13. The van der Waals surface area contributed by atoms with Crippen molar-refractivity contribution in [1.29, 1.82) is 0 Å². The van der Waals surface area contributed by atoms with Gasteiger partial charge in [-0.2, -0.15) is 0 Å². The van der Waals surface area contributed by atoms with Crippen molar-refractivity contribution in [2.75, 3.05) is 0 Å². The molecule has 88 valence electrons. The molecule has 0 saturated heterocycles. The van der Waals surface area contributed by atoms with E-state index in [0.29, 0.717) is 5.02 Å². The minimum absolute atomic E-state index is 0.118. The smallest absolute Gasteiger partial charge is 0.320 e. The quantitative estimate of drug-likeness (QED) is 0.832. The van der Waals surface area contributed by atoms with Gasteiger partial charge < -0.3 is 10.4 Å². The summed E-state index contributed by atoms with van der Waals surface area (Å²) in [5, 5.41) is 12.5. The number of carboxylic acid groups (broad SMARTS) is 1. The molecule has 0 aliphatic heterocycles. The van der Waals surface area contributed by atoms with Gasteiger partial charge in [0.2, 0.25) is 0 Å². The third-order valence-corrected chi connectivity index (χ3v) is 2.61. The molecule has 1 aromatic rings. The van der Waals surface area contributed by atoms with E-state index in [9.17, 15) is 4.79 Å². The summed E-state index contributed by atoms with van der Waals surface area (Å²) in [6.45, 7) is 3.61. The van der Waals surface area contributed by atoms with Gasteiger partial charge in [-0.25, -0.2) is 0 Å². The zero-order chi connectivity index (χ0) is 12.1. The number of nitrogens with one attached hydrogen (secondary N) is 1. The molecule has 0 aliphatic carbocycles. The normalized spacial score (nSPS) is 14.4. The molecule has 2 N–H and O–H groups in total. The van der Waals surface area contributed by atoms with Crippen LogP contribution in [0.15, 0.2) is 24.3 Å². The van der Waals surface area contributed by atoms with Crippen molar-refractivity contribution in [1.82, 2.24) is 5.32 Å². The van der Waals surface area contributed by atoms with Gasteiger partial charge in [-0.1, -0.05) is 23.7 Å². The van der Waals surface area contributed by atoms with Gasteiger partial charge in [0, 0.05) is 11.1 Å². The monoisotopic (exact) mass is 241 g/mol. The average molecular weight is 242 g/mol. The Morgan fingerprint density at radius 1 is 1.38 bits per heavy atom. The molecule has 0 aromatic heterocycles. The van der Waals surface area contributed by atoms with Crippen molar-refractivity contribution in [2.45, 2.75) is 32.4 Å². The Kier molecular flexibility index (Phi) is 4.77. The van der Waals surface area contributed by atoms with Gasteiger partial charge in [-0.15, -0.1) is 0 Å². The topological polar surface area (TPSA) is 49.3 Å². The maximum Gasteiger partial charge on any atom is 0.320 e. The first kappa shape index (κ1) is 13.0. The summed E-state index contributed by atoms with van der Waals surface area (Å²) in [5.74, 6) is -0.831. The predicted octanol–water partition coefficient (Wildman–Crippen LogP) is 2.33. The second kappa shape index (κ2) is 5.87. The van der Waals surface area contributed by atoms with Crippen LogP contribution in [0.5, 0.6) is 0 Å². The van der Waals surface area contributed by atoms with Crippen LogP contribution in [-0.2, 0) is 11.2 Å². The minimum atomic E-state index is -0.831. The Morgan fingerprint density at radius 3 is 2.44 bits per heavy atom. The minimum Gasteiger partial charge on any atom is -0.480 e. The number of carbonyl (C=O) groups is 1. The lowest BCUT2D eigenvalue weighted by Gasteiger charge is -2.17. The molecule has 0 amide bonds. The van der Waals surface area contributed by atoms with Crippen LogP contribution < -0.4 is 5.32 Å². The highest BCUT2D eigenvalue weighted by molar-refractivity contribution is 6.30. The van der Waals surface area contributed by atoms with Gasteiger partial charge in [-0.3, -0.25) is 4.79 Å². The Balaban J connectivity index is 2.48. The first-order chi connectivity index (χ1) is 7.49. The van der Waals surface area contributed by atoms with Crippen molar-refractivity contribution in [3.63, 3.8) is 0 Å². The molecule has 0 spiro atoms. The number of hydrogen-bond donors (Lipinski definition) is 2. The van der Waals surface area contributed by atoms with E-state index in [4.69, 9.17) is 16.7 Å². The van der Waals surface area contributed by atoms with Crippen molar-refractivity contribution in [3.05, 3.63) is 34.9 Å². The van der Waals surface area contributed by atoms with Gasteiger partial charge in [0.25, 0.3) is 0 Å². The van der Waals surface area contributed by atoms with Crippen LogP contribution in [0, 0.1) is 0 Å². The second-order valence-electron chi connectivity index (χ2n) is 3.96. The third kappa shape index (κ3) is 4.21. The van der Waals surface area contributed by atoms with Gasteiger partial charge in [-0.05, 0) is 38.0 Å². The van der Waals surface area contributed by atoms with Crippen LogP contribution >= 0.6 is 11.6 Å². The SMILES string of the molecule is CC(Cc1ccc(Cl)cc1)NC(C)C(=O)O. The fraction of sp³-hybridized carbons (Fsp3) is 0.417. The summed E-state index contributed by atoms with van der Waals surface area (Å²) in [5.41, 5.74) is 1.14. The van der Waals surface area contributed by atoms with Gasteiger partial charge >= 0.3 is 5.97 Å². The highest BCUT2D eigenvalue weighted by atomic mass is 35.5. The van der Waals surface area contributed by atoms with E-state index in [1.54, 1.807) is 6.92 Å². The summed E-state index contributed by atoms with van der Waals surface area (Å²) >= 11 is 5.78. The highest BCUT2D eigenvalue weighted by Crippen LogP contribution is 2.11. The number of aliphatic carboxylic acids is 1. The fourth-order valence-corrected chi connectivity index (χ4v) is 1.66. The summed E-state index contributed by atoms with van der Waals surface area (Å²) in [4.78, 5) is 10.7. The molecule has 0 saturated carbocycles. The van der Waals surface area contributed by atoms with Crippen LogP contribution in [0.25, 0.3) is 0 Å². The molecule has 2 unspecified atom stereocenters. The van der Waals surface area contributed by atoms with Gasteiger partial charge in [0.1, 0.15) is 6.04 Å². The Morgan fingerprint density at radius 2 is 1.94 bits per heavy atom. The van der Waals surface area contributed by atoms with Gasteiger partial charge in [0.15, 0.2) is 0 Å². The van der Waals surface area contributed by atoms with Crippen LogP contribution in [0.1, 0.15) is 19.4 Å². The molecule has 16 heavy (non-hydrogen) atoms. The van der Waals surface area contributed by atoms with E-state index >= 15 is 0 Å². The van der Waals surface area contributed by atoms with Crippen LogP contribution in [0.4, 0.5) is 0 Å². The lowest BCUT2D eigenvalue weighted by atomic mass is 10.1.